The van der Waals surface area contributed by atoms with E-state index in [2.05, 4.69) is 65.3 Å². The molecule has 2 aromatic heterocycles. The van der Waals surface area contributed by atoms with Crippen LogP contribution in [0.1, 0.15) is 11.1 Å². The van der Waals surface area contributed by atoms with Gasteiger partial charge in [0.15, 0.2) is 0 Å². The Morgan fingerprint density at radius 1 is 0.650 bits per heavy atom. The lowest BCUT2D eigenvalue weighted by Gasteiger charge is -2.12. The molecule has 0 nitrogen and oxygen atoms in total. The van der Waals surface area contributed by atoms with Crippen LogP contribution in [0.15, 0.2) is 12.1 Å². The Labute approximate surface area is 133 Å². The number of hydrogen-bond acceptors (Lipinski definition) is 2. The molecule has 0 radical (unpaired) electrons. The van der Waals surface area contributed by atoms with E-state index < -0.39 is 16.1 Å². The van der Waals surface area contributed by atoms with Gasteiger partial charge in [0.25, 0.3) is 0 Å². The lowest BCUT2D eigenvalue weighted by Crippen LogP contribution is -2.34. The van der Waals surface area contributed by atoms with Crippen LogP contribution in [0.5, 0.6) is 0 Å². The summed E-state index contributed by atoms with van der Waals surface area (Å²) in [5, 5.41) is 0. The van der Waals surface area contributed by atoms with E-state index in [-0.39, 0.29) is 0 Å². The SMILES string of the molecule is Cc1cc([Si](C)(C)C)sc1-c1sc([Si](C)(C)C)cc1C. The molecule has 0 aromatic carbocycles. The minimum atomic E-state index is -1.19. The standard InChI is InChI=1S/C16H26S2Si2/c1-11-9-13(19(3,4)5)17-15(11)16-12(2)10-14(18-16)20(6,7)8/h9-10H,1-8H3. The van der Waals surface area contributed by atoms with E-state index >= 15 is 0 Å². The number of thiophene rings is 2. The van der Waals surface area contributed by atoms with Crippen molar-refractivity contribution in [1.82, 2.24) is 0 Å². The first-order valence-electron chi connectivity index (χ1n) is 7.22. The van der Waals surface area contributed by atoms with Gasteiger partial charge in [0.2, 0.25) is 0 Å². The number of rotatable bonds is 3. The maximum absolute atomic E-state index is 2.44. The molecule has 0 spiro atoms. The summed E-state index contributed by atoms with van der Waals surface area (Å²) in [6.07, 6.45) is 0. The van der Waals surface area contributed by atoms with Crippen LogP contribution in [0.3, 0.4) is 0 Å². The van der Waals surface area contributed by atoms with Gasteiger partial charge in [-0.25, -0.2) is 0 Å². The zero-order valence-corrected chi connectivity index (χ0v) is 17.6. The molecule has 2 rings (SSSR count). The molecule has 20 heavy (non-hydrogen) atoms. The van der Waals surface area contributed by atoms with Crippen LogP contribution in [-0.2, 0) is 0 Å². The van der Waals surface area contributed by atoms with Crippen LogP contribution >= 0.6 is 22.7 Å². The Kier molecular flexibility index (Phi) is 4.24. The van der Waals surface area contributed by atoms with Gasteiger partial charge in [0, 0.05) is 9.75 Å². The van der Waals surface area contributed by atoms with E-state index in [1.165, 1.54) is 20.9 Å². The Bertz CT molecular complexity index is 566. The maximum atomic E-state index is 2.44. The normalized spacial score (nSPS) is 13.0. The molecular weight excluding hydrogens is 312 g/mol. The van der Waals surface area contributed by atoms with Crippen molar-refractivity contribution in [2.24, 2.45) is 0 Å². The molecule has 0 atom stereocenters. The number of aryl methyl sites for hydroxylation is 2. The van der Waals surface area contributed by atoms with Crippen LogP contribution in [0, 0.1) is 13.8 Å². The van der Waals surface area contributed by atoms with Gasteiger partial charge in [-0.15, -0.1) is 22.7 Å². The summed E-state index contributed by atoms with van der Waals surface area (Å²) < 4.78 is 3.26. The summed E-state index contributed by atoms with van der Waals surface area (Å²) in [5.74, 6) is 0. The third kappa shape index (κ3) is 3.18. The first-order chi connectivity index (χ1) is 9.00. The molecule has 0 bridgehead atoms. The van der Waals surface area contributed by atoms with E-state index in [0.717, 1.165) is 0 Å². The van der Waals surface area contributed by atoms with E-state index in [1.54, 1.807) is 9.00 Å². The van der Waals surface area contributed by atoms with Crippen molar-refractivity contribution in [3.05, 3.63) is 23.3 Å². The van der Waals surface area contributed by atoms with Crippen molar-refractivity contribution in [3.8, 4) is 9.75 Å². The van der Waals surface area contributed by atoms with Crippen LogP contribution in [0.4, 0.5) is 0 Å². The molecule has 0 unspecified atom stereocenters. The number of hydrogen-bond donors (Lipinski definition) is 0. The maximum Gasteiger partial charge on any atom is 0.0904 e. The Morgan fingerprint density at radius 2 is 0.950 bits per heavy atom. The Hall–Kier alpha value is -0.166. The lowest BCUT2D eigenvalue weighted by atomic mass is 10.2. The van der Waals surface area contributed by atoms with E-state index in [0.29, 0.717) is 0 Å². The van der Waals surface area contributed by atoms with Crippen LogP contribution < -0.4 is 9.00 Å². The third-order valence-corrected chi connectivity index (χ3v) is 13.3. The van der Waals surface area contributed by atoms with Crippen molar-refractivity contribution in [2.45, 2.75) is 53.1 Å². The minimum absolute atomic E-state index is 1.19. The molecule has 0 fully saturated rings. The summed E-state index contributed by atoms with van der Waals surface area (Å²) in [7, 11) is -2.38. The van der Waals surface area contributed by atoms with Gasteiger partial charge < -0.3 is 0 Å². The van der Waals surface area contributed by atoms with Crippen LogP contribution in [0.25, 0.3) is 9.75 Å². The molecule has 0 saturated heterocycles. The summed E-state index contributed by atoms with van der Waals surface area (Å²) >= 11 is 4.09. The average molecular weight is 339 g/mol. The highest BCUT2D eigenvalue weighted by atomic mass is 32.1. The van der Waals surface area contributed by atoms with Gasteiger partial charge in [-0.05, 0) is 46.1 Å². The van der Waals surface area contributed by atoms with Gasteiger partial charge in [-0.1, -0.05) is 39.3 Å². The zero-order valence-electron chi connectivity index (χ0n) is 14.0. The molecule has 110 valence electrons. The molecule has 0 N–H and O–H groups in total. The van der Waals surface area contributed by atoms with Gasteiger partial charge in [0.05, 0.1) is 16.1 Å². The van der Waals surface area contributed by atoms with Crippen molar-refractivity contribution < 1.29 is 0 Å². The Morgan fingerprint density at radius 3 is 1.15 bits per heavy atom. The van der Waals surface area contributed by atoms with Crippen molar-refractivity contribution >= 4 is 47.8 Å². The quantitative estimate of drug-likeness (QED) is 0.676. The van der Waals surface area contributed by atoms with E-state index in [9.17, 15) is 0 Å². The highest BCUT2D eigenvalue weighted by molar-refractivity contribution is 7.34. The molecule has 4 heteroatoms. The summed E-state index contributed by atoms with van der Waals surface area (Å²) in [4.78, 5) is 3.05. The Balaban J connectivity index is 2.53. The van der Waals surface area contributed by atoms with Crippen molar-refractivity contribution in [2.75, 3.05) is 0 Å². The monoisotopic (exact) mass is 338 g/mol. The van der Waals surface area contributed by atoms with Gasteiger partial charge in [-0.3, -0.25) is 0 Å². The molecule has 0 aliphatic rings. The highest BCUT2D eigenvalue weighted by Crippen LogP contribution is 2.35. The second-order valence-corrected chi connectivity index (χ2v) is 20.7. The summed E-state index contributed by atoms with van der Waals surface area (Å²) in [5.41, 5.74) is 2.94. The van der Waals surface area contributed by atoms with Crippen LogP contribution in [-0.4, -0.2) is 16.1 Å². The largest absolute Gasteiger partial charge is 0.144 e. The predicted octanol–water partition coefficient (Wildman–Crippen LogP) is 5.18. The lowest BCUT2D eigenvalue weighted by molar-refractivity contribution is 1.51. The molecular formula is C16H26S2Si2. The fraction of sp³-hybridized carbons (Fsp3) is 0.500. The molecule has 2 heterocycles. The minimum Gasteiger partial charge on any atom is -0.144 e. The zero-order chi connectivity index (χ0) is 15.3. The van der Waals surface area contributed by atoms with Crippen molar-refractivity contribution in [1.29, 1.82) is 0 Å². The first kappa shape index (κ1) is 16.2. The average Bonchev–Trinajstić information content (AvgIpc) is 2.80. The predicted molar refractivity (Wildman–Crippen MR) is 103 cm³/mol. The smallest absolute Gasteiger partial charge is 0.0904 e. The molecule has 0 aliphatic heterocycles. The third-order valence-electron chi connectivity index (χ3n) is 3.52. The molecule has 2 aromatic rings. The first-order valence-corrected chi connectivity index (χ1v) is 15.9. The topological polar surface area (TPSA) is 0 Å². The second-order valence-electron chi connectivity index (χ2n) is 7.75. The van der Waals surface area contributed by atoms with Gasteiger partial charge in [-0.2, -0.15) is 0 Å². The summed E-state index contributed by atoms with van der Waals surface area (Å²) in [6.45, 7) is 19.2. The van der Waals surface area contributed by atoms with Crippen molar-refractivity contribution in [3.63, 3.8) is 0 Å². The fourth-order valence-electron chi connectivity index (χ4n) is 2.15. The van der Waals surface area contributed by atoms with E-state index in [1.807, 2.05) is 22.7 Å². The molecule has 0 aliphatic carbocycles. The van der Waals surface area contributed by atoms with Gasteiger partial charge in [0.1, 0.15) is 0 Å². The highest BCUT2D eigenvalue weighted by Gasteiger charge is 2.24. The van der Waals surface area contributed by atoms with Gasteiger partial charge >= 0.3 is 0 Å². The fourth-order valence-corrected chi connectivity index (χ4v) is 8.62. The second kappa shape index (κ2) is 5.23. The summed E-state index contributed by atoms with van der Waals surface area (Å²) in [6, 6.07) is 4.89. The molecule has 0 saturated carbocycles. The van der Waals surface area contributed by atoms with E-state index in [4.69, 9.17) is 0 Å². The van der Waals surface area contributed by atoms with Crippen LogP contribution in [0.2, 0.25) is 39.3 Å². The molecule has 0 amide bonds.